The Morgan fingerprint density at radius 2 is 2.12 bits per heavy atom. The molecule has 25 heavy (non-hydrogen) atoms. The molecule has 1 saturated heterocycles. The lowest BCUT2D eigenvalue weighted by Gasteiger charge is -2.23. The Hall–Kier alpha value is -2.60. The van der Waals surface area contributed by atoms with Crippen LogP contribution in [0, 0.1) is 0 Å². The first-order valence-electron chi connectivity index (χ1n) is 8.83. The molecule has 0 aliphatic carbocycles. The molecule has 1 aliphatic heterocycles. The summed E-state index contributed by atoms with van der Waals surface area (Å²) in [6.45, 7) is 4.02. The van der Waals surface area contributed by atoms with Gasteiger partial charge < -0.3 is 0 Å². The van der Waals surface area contributed by atoms with E-state index in [4.69, 9.17) is 4.98 Å². The van der Waals surface area contributed by atoms with Crippen molar-refractivity contribution in [3.8, 4) is 5.82 Å². The second kappa shape index (κ2) is 7.11. The van der Waals surface area contributed by atoms with Crippen molar-refractivity contribution in [3.63, 3.8) is 0 Å². The van der Waals surface area contributed by atoms with E-state index in [1.165, 1.54) is 6.42 Å². The van der Waals surface area contributed by atoms with E-state index in [2.05, 4.69) is 32.8 Å². The van der Waals surface area contributed by atoms with Crippen LogP contribution in [-0.2, 0) is 13.0 Å². The van der Waals surface area contributed by atoms with Crippen LogP contribution in [0.25, 0.3) is 5.82 Å². The number of nitrogens with zero attached hydrogens (tertiary/aromatic N) is 6. The second-order valence-electron chi connectivity index (χ2n) is 6.32. The van der Waals surface area contributed by atoms with Gasteiger partial charge in [0.15, 0.2) is 5.82 Å². The zero-order valence-corrected chi connectivity index (χ0v) is 14.4. The number of aryl methyl sites for hydroxylation is 1. The molecule has 0 N–H and O–H groups in total. The van der Waals surface area contributed by atoms with Crippen LogP contribution >= 0.6 is 0 Å². The van der Waals surface area contributed by atoms with Crippen molar-refractivity contribution < 1.29 is 0 Å². The first kappa shape index (κ1) is 15.9. The smallest absolute Gasteiger partial charge is 0.156 e. The van der Waals surface area contributed by atoms with Crippen LogP contribution in [0.3, 0.4) is 0 Å². The molecule has 0 bridgehead atoms. The van der Waals surface area contributed by atoms with Crippen LogP contribution in [0.2, 0.25) is 0 Å². The average molecular weight is 334 g/mol. The van der Waals surface area contributed by atoms with Gasteiger partial charge in [0.1, 0.15) is 5.82 Å². The van der Waals surface area contributed by atoms with Gasteiger partial charge in [-0.15, -0.1) is 0 Å². The van der Waals surface area contributed by atoms with Crippen molar-refractivity contribution in [2.75, 3.05) is 6.54 Å². The van der Waals surface area contributed by atoms with Gasteiger partial charge in [-0.25, -0.2) is 9.97 Å². The number of hydrogen-bond acceptors (Lipinski definition) is 5. The maximum absolute atomic E-state index is 4.90. The topological polar surface area (TPSA) is 59.7 Å². The predicted octanol–water partition coefficient (Wildman–Crippen LogP) is 2.96. The summed E-state index contributed by atoms with van der Waals surface area (Å²) in [5.74, 6) is 1.85. The molecular formula is C19H22N6. The predicted molar refractivity (Wildman–Crippen MR) is 95.2 cm³/mol. The molecule has 6 nitrogen and oxygen atoms in total. The van der Waals surface area contributed by atoms with E-state index >= 15 is 0 Å². The van der Waals surface area contributed by atoms with E-state index in [0.717, 1.165) is 49.0 Å². The third-order valence-corrected chi connectivity index (χ3v) is 4.72. The fraction of sp³-hybridized carbons (Fsp3) is 0.368. The summed E-state index contributed by atoms with van der Waals surface area (Å²) in [6.07, 6.45) is 12.5. The lowest BCUT2D eigenvalue weighted by Crippen LogP contribution is -2.24. The molecule has 0 radical (unpaired) electrons. The van der Waals surface area contributed by atoms with Gasteiger partial charge in [0, 0.05) is 31.6 Å². The van der Waals surface area contributed by atoms with Crippen LogP contribution in [-0.4, -0.2) is 35.9 Å². The number of aromatic nitrogens is 5. The number of pyridine rings is 1. The van der Waals surface area contributed by atoms with Gasteiger partial charge in [0.2, 0.25) is 0 Å². The minimum atomic E-state index is 0.294. The first-order chi connectivity index (χ1) is 12.3. The van der Waals surface area contributed by atoms with E-state index in [0.29, 0.717) is 6.04 Å². The van der Waals surface area contributed by atoms with Crippen LogP contribution in [0.15, 0.2) is 49.2 Å². The quantitative estimate of drug-likeness (QED) is 0.718. The minimum absolute atomic E-state index is 0.294. The van der Waals surface area contributed by atoms with Crippen LogP contribution in [0.1, 0.15) is 43.0 Å². The molecule has 0 amide bonds. The van der Waals surface area contributed by atoms with Gasteiger partial charge in [-0.1, -0.05) is 13.0 Å². The fourth-order valence-electron chi connectivity index (χ4n) is 3.50. The summed E-state index contributed by atoms with van der Waals surface area (Å²) in [5.41, 5.74) is 2.13. The van der Waals surface area contributed by atoms with Crippen LogP contribution in [0.5, 0.6) is 0 Å². The highest BCUT2D eigenvalue weighted by molar-refractivity contribution is 5.24. The van der Waals surface area contributed by atoms with Gasteiger partial charge in [-0.3, -0.25) is 19.4 Å². The number of rotatable bonds is 5. The molecule has 6 heteroatoms. The standard InChI is InChI=1S/C19H22N6/c1-2-18-22-9-11-25(18)19-13-20-12-16(23-19)17-7-5-10-24(17)14-15-6-3-4-8-21-15/h3-4,6,8-9,11-13,17H,2,5,7,10,14H2,1H3/t17-/m0/s1. The Kier molecular flexibility index (Phi) is 4.52. The maximum Gasteiger partial charge on any atom is 0.156 e. The highest BCUT2D eigenvalue weighted by Gasteiger charge is 2.28. The minimum Gasteiger partial charge on any atom is -0.289 e. The van der Waals surface area contributed by atoms with Crippen LogP contribution in [0.4, 0.5) is 0 Å². The Morgan fingerprint density at radius 1 is 1.16 bits per heavy atom. The molecule has 1 atom stereocenters. The summed E-state index contributed by atoms with van der Waals surface area (Å²) in [7, 11) is 0. The molecule has 4 rings (SSSR count). The summed E-state index contributed by atoms with van der Waals surface area (Å²) < 4.78 is 2.02. The summed E-state index contributed by atoms with van der Waals surface area (Å²) in [5, 5.41) is 0. The maximum atomic E-state index is 4.90. The second-order valence-corrected chi connectivity index (χ2v) is 6.32. The average Bonchev–Trinajstić information content (AvgIpc) is 3.32. The van der Waals surface area contributed by atoms with Gasteiger partial charge in [-0.2, -0.15) is 0 Å². The Bertz CT molecular complexity index is 829. The lowest BCUT2D eigenvalue weighted by molar-refractivity contribution is 0.241. The molecule has 3 aromatic rings. The van der Waals surface area contributed by atoms with Gasteiger partial charge >= 0.3 is 0 Å². The van der Waals surface area contributed by atoms with Crippen molar-refractivity contribution in [1.82, 2.24) is 29.4 Å². The van der Waals surface area contributed by atoms with E-state index < -0.39 is 0 Å². The zero-order valence-electron chi connectivity index (χ0n) is 14.4. The summed E-state index contributed by atoms with van der Waals surface area (Å²) in [6, 6.07) is 6.37. The first-order valence-corrected chi connectivity index (χ1v) is 8.83. The Balaban J connectivity index is 1.59. The van der Waals surface area contributed by atoms with Crippen molar-refractivity contribution in [3.05, 3.63) is 66.4 Å². The van der Waals surface area contributed by atoms with Gasteiger partial charge in [0.05, 0.1) is 29.8 Å². The monoisotopic (exact) mass is 334 g/mol. The van der Waals surface area contributed by atoms with Crippen molar-refractivity contribution in [2.24, 2.45) is 0 Å². The van der Waals surface area contributed by atoms with Gasteiger partial charge in [-0.05, 0) is 31.5 Å². The highest BCUT2D eigenvalue weighted by atomic mass is 15.2. The molecule has 0 spiro atoms. The normalized spacial score (nSPS) is 17.9. The molecule has 1 aliphatic rings. The molecule has 0 aromatic carbocycles. The summed E-state index contributed by atoms with van der Waals surface area (Å²) >= 11 is 0. The van der Waals surface area contributed by atoms with E-state index in [9.17, 15) is 0 Å². The van der Waals surface area contributed by atoms with Crippen molar-refractivity contribution in [2.45, 2.75) is 38.8 Å². The molecule has 0 unspecified atom stereocenters. The number of imidazole rings is 1. The van der Waals surface area contributed by atoms with E-state index in [1.807, 2.05) is 47.7 Å². The third kappa shape index (κ3) is 3.30. The lowest BCUT2D eigenvalue weighted by atomic mass is 10.1. The molecule has 0 saturated carbocycles. The van der Waals surface area contributed by atoms with E-state index in [1.54, 1.807) is 0 Å². The van der Waals surface area contributed by atoms with Crippen molar-refractivity contribution in [1.29, 1.82) is 0 Å². The number of hydrogen-bond donors (Lipinski definition) is 0. The number of likely N-dealkylation sites (tertiary alicyclic amines) is 1. The van der Waals surface area contributed by atoms with Gasteiger partial charge in [0.25, 0.3) is 0 Å². The SMILES string of the molecule is CCc1nccn1-c1cncc([C@@H]2CCCN2Cc2ccccn2)n1. The third-order valence-electron chi connectivity index (χ3n) is 4.72. The van der Waals surface area contributed by atoms with Crippen LogP contribution < -0.4 is 0 Å². The van der Waals surface area contributed by atoms with E-state index in [-0.39, 0.29) is 0 Å². The fourth-order valence-corrected chi connectivity index (χ4v) is 3.50. The Labute approximate surface area is 147 Å². The Morgan fingerprint density at radius 3 is 2.96 bits per heavy atom. The molecule has 1 fully saturated rings. The van der Waals surface area contributed by atoms with Crippen molar-refractivity contribution >= 4 is 0 Å². The zero-order chi connectivity index (χ0) is 17.1. The summed E-state index contributed by atoms with van der Waals surface area (Å²) in [4.78, 5) is 20.6. The highest BCUT2D eigenvalue weighted by Crippen LogP contribution is 2.31. The largest absolute Gasteiger partial charge is 0.289 e. The molecule has 4 heterocycles. The molecular weight excluding hydrogens is 312 g/mol. The molecule has 3 aromatic heterocycles. The molecule has 128 valence electrons.